The number of rotatable bonds is 3. The maximum Gasteiger partial charge on any atom is 0.355 e. The zero-order chi connectivity index (χ0) is 11.5. The van der Waals surface area contributed by atoms with Gasteiger partial charge in [-0.1, -0.05) is 30.0 Å². The molecule has 1 aromatic carbocycles. The van der Waals surface area contributed by atoms with Crippen LogP contribution in [0.25, 0.3) is 0 Å². The second kappa shape index (κ2) is 4.40. The zero-order valence-corrected chi connectivity index (χ0v) is 9.44. The summed E-state index contributed by atoms with van der Waals surface area (Å²) in [4.78, 5) is 12.7. The second-order valence-electron chi connectivity index (χ2n) is 3.20. The molecule has 0 aliphatic heterocycles. The van der Waals surface area contributed by atoms with E-state index in [-0.39, 0.29) is 5.69 Å². The molecule has 0 amide bonds. The highest BCUT2D eigenvalue weighted by Crippen LogP contribution is 2.29. The normalized spacial score (nSPS) is 10.3. The molecule has 0 spiro atoms. The molecule has 0 radical (unpaired) electrons. The van der Waals surface area contributed by atoms with Gasteiger partial charge in [-0.05, 0) is 12.1 Å². The summed E-state index contributed by atoms with van der Waals surface area (Å²) in [6.07, 6.45) is 1.57. The first-order valence-corrected chi connectivity index (χ1v) is 5.48. The van der Waals surface area contributed by atoms with Gasteiger partial charge in [0, 0.05) is 11.9 Å². The summed E-state index contributed by atoms with van der Waals surface area (Å²) in [5, 5.41) is 13.0. The first-order chi connectivity index (χ1) is 7.68. The minimum Gasteiger partial charge on any atom is -0.476 e. The first-order valence-electron chi connectivity index (χ1n) is 4.66. The van der Waals surface area contributed by atoms with Gasteiger partial charge in [0.05, 0.1) is 11.1 Å². The van der Waals surface area contributed by atoms with E-state index in [0.29, 0.717) is 4.90 Å². The number of carbonyl (C=O) groups is 1. The summed E-state index contributed by atoms with van der Waals surface area (Å²) in [6.45, 7) is 0. The van der Waals surface area contributed by atoms with E-state index in [4.69, 9.17) is 5.11 Å². The van der Waals surface area contributed by atoms with Crippen molar-refractivity contribution in [2.75, 3.05) is 0 Å². The molecule has 0 aliphatic rings. The van der Waals surface area contributed by atoms with Crippen LogP contribution in [-0.4, -0.2) is 20.9 Å². The lowest BCUT2D eigenvalue weighted by Crippen LogP contribution is -2.06. The number of carboxylic acids is 1. The van der Waals surface area contributed by atoms with Gasteiger partial charge in [0.15, 0.2) is 5.69 Å². The topological polar surface area (TPSA) is 55.1 Å². The van der Waals surface area contributed by atoms with Crippen molar-refractivity contribution in [2.24, 2.45) is 7.05 Å². The minimum atomic E-state index is -0.960. The van der Waals surface area contributed by atoms with E-state index in [9.17, 15) is 4.79 Å². The van der Waals surface area contributed by atoms with Gasteiger partial charge in [0.2, 0.25) is 0 Å². The van der Waals surface area contributed by atoms with Gasteiger partial charge in [-0.15, -0.1) is 0 Å². The van der Waals surface area contributed by atoms with Gasteiger partial charge in [0.1, 0.15) is 0 Å². The molecule has 0 unspecified atom stereocenters. The quantitative estimate of drug-likeness (QED) is 0.885. The van der Waals surface area contributed by atoms with Crippen molar-refractivity contribution in [1.82, 2.24) is 9.78 Å². The van der Waals surface area contributed by atoms with Crippen LogP contribution in [-0.2, 0) is 7.05 Å². The molecule has 5 heteroatoms. The van der Waals surface area contributed by atoms with Crippen LogP contribution < -0.4 is 0 Å². The third-order valence-electron chi connectivity index (χ3n) is 2.08. The number of aromatic carboxylic acids is 1. The molecule has 0 saturated heterocycles. The van der Waals surface area contributed by atoms with Crippen LogP contribution in [0.15, 0.2) is 46.3 Å². The molecule has 0 bridgehead atoms. The van der Waals surface area contributed by atoms with Crippen molar-refractivity contribution >= 4 is 17.7 Å². The summed E-state index contributed by atoms with van der Waals surface area (Å²) in [7, 11) is 1.62. The van der Waals surface area contributed by atoms with E-state index < -0.39 is 5.97 Å². The summed E-state index contributed by atoms with van der Waals surface area (Å²) < 4.78 is 1.37. The lowest BCUT2D eigenvalue weighted by atomic mass is 10.4. The molecular formula is C11H10N2O2S. The minimum absolute atomic E-state index is 0.217. The molecule has 82 valence electrons. The summed E-state index contributed by atoms with van der Waals surface area (Å²) >= 11 is 1.40. The predicted octanol–water partition coefficient (Wildman–Crippen LogP) is 2.27. The van der Waals surface area contributed by atoms with E-state index >= 15 is 0 Å². The number of hydrogen-bond donors (Lipinski definition) is 1. The van der Waals surface area contributed by atoms with E-state index in [1.807, 2.05) is 30.3 Å². The fraction of sp³-hybridized carbons (Fsp3) is 0.0909. The van der Waals surface area contributed by atoms with E-state index in [1.165, 1.54) is 16.4 Å². The van der Waals surface area contributed by atoms with Crippen LogP contribution in [0.4, 0.5) is 0 Å². The van der Waals surface area contributed by atoms with Gasteiger partial charge in [-0.2, -0.15) is 5.10 Å². The Hall–Kier alpha value is -1.75. The standard InChI is InChI=1S/C11H10N2O2S/c1-13-10(11(14)15)9(7-12-13)16-8-5-3-2-4-6-8/h2-7H,1H3,(H,14,15). The van der Waals surface area contributed by atoms with Crippen molar-refractivity contribution in [1.29, 1.82) is 0 Å². The molecule has 2 rings (SSSR count). The predicted molar refractivity (Wildman–Crippen MR) is 60.7 cm³/mol. The Balaban J connectivity index is 2.32. The Kier molecular flexibility index (Phi) is 2.96. The number of nitrogens with zero attached hydrogens (tertiary/aromatic N) is 2. The molecule has 4 nitrogen and oxygen atoms in total. The van der Waals surface area contributed by atoms with Crippen molar-refractivity contribution in [3.8, 4) is 0 Å². The van der Waals surface area contributed by atoms with E-state index in [2.05, 4.69) is 5.10 Å². The third-order valence-corrected chi connectivity index (χ3v) is 3.11. The highest BCUT2D eigenvalue weighted by atomic mass is 32.2. The van der Waals surface area contributed by atoms with Gasteiger partial charge >= 0.3 is 5.97 Å². The highest BCUT2D eigenvalue weighted by molar-refractivity contribution is 7.99. The van der Waals surface area contributed by atoms with Gasteiger partial charge in [-0.25, -0.2) is 4.79 Å². The number of carboxylic acid groups (broad SMARTS) is 1. The van der Waals surface area contributed by atoms with Gasteiger partial charge < -0.3 is 5.11 Å². The van der Waals surface area contributed by atoms with Crippen molar-refractivity contribution in [2.45, 2.75) is 9.79 Å². The van der Waals surface area contributed by atoms with Crippen molar-refractivity contribution in [3.63, 3.8) is 0 Å². The molecule has 2 aromatic rings. The number of aromatic nitrogens is 2. The van der Waals surface area contributed by atoms with Crippen LogP contribution >= 0.6 is 11.8 Å². The summed E-state index contributed by atoms with van der Waals surface area (Å²) in [6, 6.07) is 9.62. The monoisotopic (exact) mass is 234 g/mol. The summed E-state index contributed by atoms with van der Waals surface area (Å²) in [5.74, 6) is -0.960. The maximum atomic E-state index is 11.0. The molecule has 1 N–H and O–H groups in total. The molecule has 0 aliphatic carbocycles. The number of aryl methyl sites for hydroxylation is 1. The smallest absolute Gasteiger partial charge is 0.355 e. The Bertz CT molecular complexity index is 508. The van der Waals surface area contributed by atoms with Gasteiger partial charge in [0.25, 0.3) is 0 Å². The van der Waals surface area contributed by atoms with Crippen LogP contribution in [0.3, 0.4) is 0 Å². The average Bonchev–Trinajstić information content (AvgIpc) is 2.61. The molecular weight excluding hydrogens is 224 g/mol. The molecule has 16 heavy (non-hydrogen) atoms. The number of hydrogen-bond acceptors (Lipinski definition) is 3. The van der Waals surface area contributed by atoms with Gasteiger partial charge in [-0.3, -0.25) is 4.68 Å². The molecule has 1 heterocycles. The Morgan fingerprint density at radius 2 is 2.06 bits per heavy atom. The average molecular weight is 234 g/mol. The fourth-order valence-corrected chi connectivity index (χ4v) is 2.31. The molecule has 0 fully saturated rings. The fourth-order valence-electron chi connectivity index (χ4n) is 1.35. The largest absolute Gasteiger partial charge is 0.476 e. The SMILES string of the molecule is Cn1ncc(Sc2ccccc2)c1C(=O)O. The second-order valence-corrected chi connectivity index (χ2v) is 4.32. The van der Waals surface area contributed by atoms with Crippen LogP contribution in [0.2, 0.25) is 0 Å². The third kappa shape index (κ3) is 2.09. The summed E-state index contributed by atoms with van der Waals surface area (Å²) in [5.41, 5.74) is 0.217. The Morgan fingerprint density at radius 1 is 1.38 bits per heavy atom. The first kappa shape index (κ1) is 10.8. The lowest BCUT2D eigenvalue weighted by Gasteiger charge is -2.00. The molecule has 1 aromatic heterocycles. The maximum absolute atomic E-state index is 11.0. The lowest BCUT2D eigenvalue weighted by molar-refractivity contribution is 0.0681. The van der Waals surface area contributed by atoms with Crippen LogP contribution in [0.1, 0.15) is 10.5 Å². The van der Waals surface area contributed by atoms with E-state index in [1.54, 1.807) is 13.2 Å². The Morgan fingerprint density at radius 3 is 2.69 bits per heavy atom. The molecule has 0 saturated carbocycles. The van der Waals surface area contributed by atoms with Crippen molar-refractivity contribution < 1.29 is 9.90 Å². The van der Waals surface area contributed by atoms with Crippen LogP contribution in [0, 0.1) is 0 Å². The number of benzene rings is 1. The van der Waals surface area contributed by atoms with Crippen molar-refractivity contribution in [3.05, 3.63) is 42.2 Å². The Labute approximate surface area is 96.9 Å². The van der Waals surface area contributed by atoms with Crippen LogP contribution in [0.5, 0.6) is 0 Å². The molecule has 0 atom stereocenters. The zero-order valence-electron chi connectivity index (χ0n) is 8.62. The van der Waals surface area contributed by atoms with E-state index in [0.717, 1.165) is 4.90 Å². The highest BCUT2D eigenvalue weighted by Gasteiger charge is 2.16.